The second kappa shape index (κ2) is 4.41. The van der Waals surface area contributed by atoms with Gasteiger partial charge in [-0.15, -0.1) is 0 Å². The molecule has 0 bridgehead atoms. The van der Waals surface area contributed by atoms with Gasteiger partial charge in [0.25, 0.3) is 15.9 Å². The van der Waals surface area contributed by atoms with Gasteiger partial charge in [-0.2, -0.15) is 0 Å². The number of hydrogen-bond acceptors (Lipinski definition) is 3. The van der Waals surface area contributed by atoms with E-state index in [2.05, 4.69) is 0 Å². The predicted molar refractivity (Wildman–Crippen MR) is 45.8 cm³/mol. The molecule has 1 amide bonds. The summed E-state index contributed by atoms with van der Waals surface area (Å²) in [6.07, 6.45) is 0. The van der Waals surface area contributed by atoms with Crippen LogP contribution in [-0.2, 0) is 10.0 Å². The first-order valence-corrected chi connectivity index (χ1v) is 4.76. The third-order valence-electron chi connectivity index (χ3n) is 1.65. The van der Waals surface area contributed by atoms with E-state index in [0.717, 1.165) is 0 Å². The molecule has 72 valence electrons. The Morgan fingerprint density at radius 3 is 2.36 bits per heavy atom. The third-order valence-corrected chi connectivity index (χ3v) is 3.04. The summed E-state index contributed by atoms with van der Waals surface area (Å²) in [5, 5.41) is 0. The largest absolute Gasteiger partial charge is 1.00 e. The van der Waals surface area contributed by atoms with Crippen molar-refractivity contribution in [3.63, 3.8) is 0 Å². The van der Waals surface area contributed by atoms with Crippen LogP contribution < -0.4 is 34.3 Å². The van der Waals surface area contributed by atoms with Crippen molar-refractivity contribution in [2.24, 2.45) is 0 Å². The smallest absolute Gasteiger partial charge is 1.00 e. The molecular formula is C7H8NNaO4S. The molecular weight excluding hydrogens is 217 g/mol. The fourth-order valence-electron chi connectivity index (χ4n) is 1.12. The molecule has 0 atom stereocenters. The summed E-state index contributed by atoms with van der Waals surface area (Å²) >= 11 is 0. The van der Waals surface area contributed by atoms with Crippen molar-refractivity contribution in [1.29, 1.82) is 0 Å². The average molecular weight is 225 g/mol. The molecule has 0 radical (unpaired) electrons. The van der Waals surface area contributed by atoms with E-state index in [1.165, 1.54) is 12.1 Å². The number of carbonyl (C=O) groups excluding carboxylic acids is 1. The number of amides is 1. The molecule has 1 aromatic rings. The monoisotopic (exact) mass is 225 g/mol. The molecule has 0 unspecified atom stereocenters. The number of sulfonamides is 1. The van der Waals surface area contributed by atoms with E-state index in [-0.39, 0.29) is 46.9 Å². The van der Waals surface area contributed by atoms with E-state index in [0.29, 0.717) is 0 Å². The second-order valence-electron chi connectivity index (χ2n) is 2.43. The summed E-state index contributed by atoms with van der Waals surface area (Å²) in [5.41, 5.74) is 0.220. The summed E-state index contributed by atoms with van der Waals surface area (Å²) in [4.78, 5) is 11.1. The van der Waals surface area contributed by atoms with Gasteiger partial charge in [0.1, 0.15) is 4.90 Å². The summed E-state index contributed by atoms with van der Waals surface area (Å²) in [6, 6.07) is 6.09. The van der Waals surface area contributed by atoms with E-state index >= 15 is 0 Å². The SMILES string of the molecule is O.O=C1NS(=O)(=O)c2ccccc21.[H-].[Na+]. The summed E-state index contributed by atoms with van der Waals surface area (Å²) in [6.45, 7) is 0. The zero-order chi connectivity index (χ0) is 8.77. The Morgan fingerprint density at radius 2 is 1.79 bits per heavy atom. The fraction of sp³-hybridized carbons (Fsp3) is 0. The van der Waals surface area contributed by atoms with Crippen LogP contribution in [0.1, 0.15) is 11.8 Å². The topological polar surface area (TPSA) is 94.7 Å². The number of nitrogens with one attached hydrogen (secondary N) is 1. The Balaban J connectivity index is 0. The normalized spacial score (nSPS) is 15.9. The van der Waals surface area contributed by atoms with Crippen molar-refractivity contribution in [3.8, 4) is 0 Å². The van der Waals surface area contributed by atoms with Crippen LogP contribution in [0, 0.1) is 0 Å². The molecule has 1 aliphatic rings. The van der Waals surface area contributed by atoms with Crippen molar-refractivity contribution < 1.29 is 49.7 Å². The number of rotatable bonds is 0. The molecule has 1 aliphatic heterocycles. The summed E-state index contributed by atoms with van der Waals surface area (Å²) in [5.74, 6) is -0.550. The Kier molecular flexibility index (Phi) is 4.29. The Bertz CT molecular complexity index is 462. The molecule has 0 aliphatic carbocycles. The molecule has 0 saturated carbocycles. The van der Waals surface area contributed by atoms with Gasteiger partial charge in [-0.25, -0.2) is 13.1 Å². The van der Waals surface area contributed by atoms with Crippen LogP contribution >= 0.6 is 0 Å². The molecule has 0 aromatic heterocycles. The number of fused-ring (bicyclic) bond motifs is 1. The Labute approximate surface area is 105 Å². The minimum absolute atomic E-state index is 0. The summed E-state index contributed by atoms with van der Waals surface area (Å²) < 4.78 is 24.2. The first kappa shape index (κ1) is 13.6. The number of benzene rings is 1. The van der Waals surface area contributed by atoms with Crippen LogP contribution in [-0.4, -0.2) is 19.8 Å². The van der Waals surface area contributed by atoms with Gasteiger partial charge in [0.2, 0.25) is 0 Å². The second-order valence-corrected chi connectivity index (χ2v) is 4.08. The maximum Gasteiger partial charge on any atom is 1.00 e. The molecule has 2 rings (SSSR count). The van der Waals surface area contributed by atoms with E-state index in [1.807, 2.05) is 4.72 Å². The van der Waals surface area contributed by atoms with E-state index < -0.39 is 15.9 Å². The van der Waals surface area contributed by atoms with Crippen LogP contribution in [0.15, 0.2) is 29.2 Å². The first-order chi connectivity index (χ1) is 5.61. The van der Waals surface area contributed by atoms with Gasteiger partial charge < -0.3 is 6.90 Å². The zero-order valence-electron chi connectivity index (χ0n) is 8.44. The molecule has 7 heteroatoms. The third kappa shape index (κ3) is 1.99. The Morgan fingerprint density at radius 1 is 1.21 bits per heavy atom. The van der Waals surface area contributed by atoms with Crippen molar-refractivity contribution in [2.75, 3.05) is 0 Å². The minimum Gasteiger partial charge on any atom is -1.00 e. The molecule has 5 nitrogen and oxygen atoms in total. The maximum absolute atomic E-state index is 11.1. The van der Waals surface area contributed by atoms with Crippen molar-refractivity contribution in [3.05, 3.63) is 29.8 Å². The van der Waals surface area contributed by atoms with Gasteiger partial charge in [0.05, 0.1) is 5.56 Å². The van der Waals surface area contributed by atoms with Crippen LogP contribution in [0.4, 0.5) is 0 Å². The van der Waals surface area contributed by atoms with Crippen molar-refractivity contribution in [2.45, 2.75) is 4.90 Å². The molecule has 0 saturated heterocycles. The standard InChI is InChI=1S/C7H5NO3S.Na.H2O.H/c9-7-5-3-1-2-4-6(5)12(10,11)8-7;;;/h1-4H,(H,8,9);;1H2;/q;+1;;-1. The van der Waals surface area contributed by atoms with Crippen LogP contribution in [0.2, 0.25) is 0 Å². The van der Waals surface area contributed by atoms with Gasteiger partial charge in [0, 0.05) is 0 Å². The first-order valence-electron chi connectivity index (χ1n) is 3.27. The van der Waals surface area contributed by atoms with Gasteiger partial charge in [-0.3, -0.25) is 4.79 Å². The number of hydrogen-bond donors (Lipinski definition) is 1. The molecule has 1 heterocycles. The van der Waals surface area contributed by atoms with Crippen LogP contribution in [0.3, 0.4) is 0 Å². The van der Waals surface area contributed by atoms with E-state index in [1.54, 1.807) is 12.1 Å². The van der Waals surface area contributed by atoms with Gasteiger partial charge in [0.15, 0.2) is 0 Å². The average Bonchev–Trinajstić information content (AvgIpc) is 2.25. The van der Waals surface area contributed by atoms with Crippen molar-refractivity contribution >= 4 is 15.9 Å². The molecule has 0 fully saturated rings. The van der Waals surface area contributed by atoms with Gasteiger partial charge in [-0.05, 0) is 12.1 Å². The number of carbonyl (C=O) groups is 1. The van der Waals surface area contributed by atoms with E-state index in [4.69, 9.17) is 0 Å². The quantitative estimate of drug-likeness (QED) is 0.462. The molecule has 0 spiro atoms. The fourth-order valence-corrected chi connectivity index (χ4v) is 2.29. The molecule has 1 aromatic carbocycles. The van der Waals surface area contributed by atoms with Crippen LogP contribution in [0.25, 0.3) is 0 Å². The van der Waals surface area contributed by atoms with Gasteiger partial charge >= 0.3 is 29.6 Å². The molecule has 3 N–H and O–H groups in total. The zero-order valence-corrected chi connectivity index (χ0v) is 10.3. The Hall–Kier alpha value is -0.400. The van der Waals surface area contributed by atoms with Crippen molar-refractivity contribution in [1.82, 2.24) is 4.72 Å². The van der Waals surface area contributed by atoms with Gasteiger partial charge in [-0.1, -0.05) is 12.1 Å². The predicted octanol–water partition coefficient (Wildman–Crippen LogP) is -3.59. The van der Waals surface area contributed by atoms with E-state index in [9.17, 15) is 13.2 Å². The van der Waals surface area contributed by atoms with Crippen LogP contribution in [0.5, 0.6) is 0 Å². The maximum atomic E-state index is 11.1. The summed E-state index contributed by atoms with van der Waals surface area (Å²) in [7, 11) is -3.55. The molecule has 14 heavy (non-hydrogen) atoms. The minimum atomic E-state index is -3.55.